The van der Waals surface area contributed by atoms with E-state index >= 15 is 0 Å². The highest BCUT2D eigenvalue weighted by atomic mass is 31.2. The fourth-order valence-electron chi connectivity index (χ4n) is 1.74. The average molecular weight is 238 g/mol. The van der Waals surface area contributed by atoms with E-state index in [2.05, 4.69) is 0 Å². The quantitative estimate of drug-likeness (QED) is 0.460. The van der Waals surface area contributed by atoms with Crippen molar-refractivity contribution >= 4 is 15.4 Å². The van der Waals surface area contributed by atoms with Gasteiger partial charge in [-0.05, 0) is 0 Å². The van der Waals surface area contributed by atoms with Gasteiger partial charge >= 0.3 is 7.60 Å². The lowest BCUT2D eigenvalue weighted by Crippen LogP contribution is -2.37. The molecule has 0 aliphatic carbocycles. The van der Waals surface area contributed by atoms with Crippen LogP contribution in [0.3, 0.4) is 0 Å². The Morgan fingerprint density at radius 2 is 2.13 bits per heavy atom. The molecular formula is C7H16BO6P. The van der Waals surface area contributed by atoms with Gasteiger partial charge in [-0.1, -0.05) is 0 Å². The van der Waals surface area contributed by atoms with Crippen LogP contribution in [0.15, 0.2) is 0 Å². The maximum Gasteiger partial charge on any atom is 0.325 e. The Hall–Kier alpha value is 0.0949. The summed E-state index contributed by atoms with van der Waals surface area (Å²) in [6.45, 7) is 0.825. The molecule has 1 saturated heterocycles. The van der Waals surface area contributed by atoms with Gasteiger partial charge in [0.2, 0.25) is 0 Å². The summed E-state index contributed by atoms with van der Waals surface area (Å²) in [7, 11) is -0.381. The predicted molar refractivity (Wildman–Crippen MR) is 55.7 cm³/mol. The zero-order valence-electron chi connectivity index (χ0n) is 8.99. The molecule has 6 nitrogen and oxygen atoms in total. The third kappa shape index (κ3) is 3.27. The minimum atomic E-state index is -3.61. The molecule has 1 aliphatic heterocycles. The monoisotopic (exact) mass is 238 g/mol. The molecule has 0 amide bonds. The molecule has 0 aromatic carbocycles. The van der Waals surface area contributed by atoms with Crippen molar-refractivity contribution in [1.82, 2.24) is 0 Å². The van der Waals surface area contributed by atoms with Gasteiger partial charge in [0.1, 0.15) is 26.2 Å². The topological polar surface area (TPSA) is 85.2 Å². The number of aliphatic hydroxyl groups excluding tert-OH is 1. The smallest absolute Gasteiger partial charge is 0.325 e. The molecule has 2 unspecified atom stereocenters. The van der Waals surface area contributed by atoms with E-state index in [1.54, 1.807) is 7.85 Å². The van der Waals surface area contributed by atoms with Crippen molar-refractivity contribution in [2.75, 3.05) is 20.4 Å². The Balaban J connectivity index is 2.76. The number of ether oxygens (including phenoxy) is 2. The minimum Gasteiger partial charge on any atom is -0.394 e. The molecule has 88 valence electrons. The highest BCUT2D eigenvalue weighted by molar-refractivity contribution is 7.51. The van der Waals surface area contributed by atoms with E-state index < -0.39 is 25.9 Å². The van der Waals surface area contributed by atoms with E-state index in [1.165, 1.54) is 7.11 Å². The van der Waals surface area contributed by atoms with E-state index in [-0.39, 0.29) is 12.6 Å². The van der Waals surface area contributed by atoms with Crippen molar-refractivity contribution in [3.05, 3.63) is 0 Å². The standard InChI is InChI=1S/C7H16BO6P/c1-12-6-5(14-15(2,10)11)4(3-9)13-7(6)8/h4-7,9H,3,8H2,1-2H3,(H,10,11)/t4-,5?,6?,7-/m1/s1. The van der Waals surface area contributed by atoms with Crippen molar-refractivity contribution in [3.63, 3.8) is 0 Å². The summed E-state index contributed by atoms with van der Waals surface area (Å²) in [5.74, 6) is 0. The molecule has 1 rings (SSSR count). The number of hydrogen-bond acceptors (Lipinski definition) is 5. The largest absolute Gasteiger partial charge is 0.394 e. The summed E-state index contributed by atoms with van der Waals surface area (Å²) < 4.78 is 26.6. The van der Waals surface area contributed by atoms with E-state index in [0.717, 1.165) is 6.66 Å². The van der Waals surface area contributed by atoms with Crippen molar-refractivity contribution in [2.45, 2.75) is 24.3 Å². The van der Waals surface area contributed by atoms with Crippen LogP contribution >= 0.6 is 7.60 Å². The Morgan fingerprint density at radius 1 is 1.53 bits per heavy atom. The summed E-state index contributed by atoms with van der Waals surface area (Å²) in [6, 6.07) is -0.274. The van der Waals surface area contributed by atoms with Gasteiger partial charge in [-0.15, -0.1) is 0 Å². The van der Waals surface area contributed by atoms with E-state index in [4.69, 9.17) is 24.0 Å². The van der Waals surface area contributed by atoms with Crippen molar-refractivity contribution in [2.24, 2.45) is 0 Å². The number of aliphatic hydroxyl groups is 1. The first kappa shape index (κ1) is 13.2. The lowest BCUT2D eigenvalue weighted by atomic mass is 9.93. The van der Waals surface area contributed by atoms with Crippen molar-refractivity contribution in [1.29, 1.82) is 0 Å². The van der Waals surface area contributed by atoms with Gasteiger partial charge < -0.3 is 19.5 Å². The summed E-state index contributed by atoms with van der Waals surface area (Å²) in [5.41, 5.74) is 0. The summed E-state index contributed by atoms with van der Waals surface area (Å²) in [5, 5.41) is 9.03. The molecule has 15 heavy (non-hydrogen) atoms. The zero-order chi connectivity index (χ0) is 11.6. The molecule has 0 aromatic rings. The third-order valence-electron chi connectivity index (χ3n) is 2.31. The maximum absolute atomic E-state index is 11.1. The molecule has 2 N–H and O–H groups in total. The molecule has 5 atom stereocenters. The highest BCUT2D eigenvalue weighted by Crippen LogP contribution is 2.42. The van der Waals surface area contributed by atoms with Crippen LogP contribution in [0.1, 0.15) is 0 Å². The van der Waals surface area contributed by atoms with Gasteiger partial charge in [-0.25, -0.2) is 0 Å². The third-order valence-corrected chi connectivity index (χ3v) is 2.95. The van der Waals surface area contributed by atoms with Crippen LogP contribution in [0.4, 0.5) is 0 Å². The second kappa shape index (κ2) is 4.95. The summed E-state index contributed by atoms with van der Waals surface area (Å²) >= 11 is 0. The van der Waals surface area contributed by atoms with Crippen LogP contribution in [-0.4, -0.2) is 62.5 Å². The van der Waals surface area contributed by atoms with Gasteiger partial charge in [-0.2, -0.15) is 0 Å². The Bertz CT molecular complexity index is 256. The summed E-state index contributed by atoms with van der Waals surface area (Å²) in [4.78, 5) is 9.13. The van der Waals surface area contributed by atoms with Gasteiger partial charge in [0, 0.05) is 13.8 Å². The Labute approximate surface area is 89.5 Å². The number of rotatable bonds is 4. The van der Waals surface area contributed by atoms with Gasteiger partial charge in [0.25, 0.3) is 0 Å². The maximum atomic E-state index is 11.1. The first-order chi connectivity index (χ1) is 6.89. The van der Waals surface area contributed by atoms with Crippen LogP contribution in [-0.2, 0) is 18.6 Å². The van der Waals surface area contributed by atoms with Crippen molar-refractivity contribution in [3.8, 4) is 0 Å². The molecule has 1 fully saturated rings. The molecule has 0 spiro atoms. The fourth-order valence-corrected chi connectivity index (χ4v) is 2.44. The number of hydrogen-bond donors (Lipinski definition) is 2. The molecule has 0 aromatic heterocycles. The normalized spacial score (nSPS) is 40.3. The van der Waals surface area contributed by atoms with Crippen LogP contribution in [0.2, 0.25) is 0 Å². The average Bonchev–Trinajstić information content (AvgIpc) is 2.39. The van der Waals surface area contributed by atoms with Crippen LogP contribution in [0.5, 0.6) is 0 Å². The van der Waals surface area contributed by atoms with Gasteiger partial charge in [0.05, 0.1) is 12.6 Å². The second-order valence-corrected chi connectivity index (χ2v) is 5.45. The van der Waals surface area contributed by atoms with E-state index in [1.807, 2.05) is 0 Å². The molecule has 1 heterocycles. The Morgan fingerprint density at radius 3 is 2.53 bits per heavy atom. The number of methoxy groups -OCH3 is 1. The lowest BCUT2D eigenvalue weighted by Gasteiger charge is -2.23. The van der Waals surface area contributed by atoms with E-state index in [9.17, 15) is 4.57 Å². The fraction of sp³-hybridized carbons (Fsp3) is 1.00. The minimum absolute atomic E-state index is 0.269. The van der Waals surface area contributed by atoms with Crippen LogP contribution in [0.25, 0.3) is 0 Å². The van der Waals surface area contributed by atoms with Crippen LogP contribution < -0.4 is 0 Å². The van der Waals surface area contributed by atoms with Crippen LogP contribution in [0, 0.1) is 0 Å². The molecule has 1 aliphatic rings. The molecular weight excluding hydrogens is 222 g/mol. The lowest BCUT2D eigenvalue weighted by molar-refractivity contribution is -0.00491. The zero-order valence-corrected chi connectivity index (χ0v) is 9.89. The first-order valence-corrected chi connectivity index (χ1v) is 6.69. The van der Waals surface area contributed by atoms with Crippen molar-refractivity contribution < 1.29 is 28.6 Å². The second-order valence-electron chi connectivity index (χ2n) is 3.64. The Kier molecular flexibility index (Phi) is 4.34. The van der Waals surface area contributed by atoms with Gasteiger partial charge in [-0.3, -0.25) is 9.09 Å². The molecule has 0 saturated carbocycles. The summed E-state index contributed by atoms with van der Waals surface area (Å²) in [6.07, 6.45) is -1.77. The van der Waals surface area contributed by atoms with E-state index in [0.29, 0.717) is 0 Å². The molecule has 0 bridgehead atoms. The molecule has 8 heteroatoms. The predicted octanol–water partition coefficient (Wildman–Crippen LogP) is -1.45. The highest BCUT2D eigenvalue weighted by Gasteiger charge is 2.45. The molecule has 0 radical (unpaired) electrons. The first-order valence-electron chi connectivity index (χ1n) is 4.67. The van der Waals surface area contributed by atoms with Gasteiger partial charge in [0.15, 0.2) is 0 Å². The SMILES string of the molecule is B[C@@H]1O[C@H](CO)C(O[P@@](C)(=O)O)C1OC.